The Morgan fingerprint density at radius 3 is 2.52 bits per heavy atom. The van der Waals surface area contributed by atoms with Gasteiger partial charge in [0, 0.05) is 5.56 Å². The SMILES string of the molecule is CCCCCCCCOC1=CN=C(c2ccc(O)cc2)N(F)C1. The van der Waals surface area contributed by atoms with Gasteiger partial charge in [0.1, 0.15) is 18.1 Å². The van der Waals surface area contributed by atoms with Crippen molar-refractivity contribution in [3.8, 4) is 5.75 Å². The maximum Gasteiger partial charge on any atom is 0.165 e. The van der Waals surface area contributed by atoms with Gasteiger partial charge in [0.2, 0.25) is 0 Å². The van der Waals surface area contributed by atoms with Crippen LogP contribution in [0.25, 0.3) is 0 Å². The summed E-state index contributed by atoms with van der Waals surface area (Å²) in [6.45, 7) is 2.87. The maximum atomic E-state index is 14.1. The normalized spacial score (nSPS) is 14.4. The highest BCUT2D eigenvalue weighted by atomic mass is 19.2. The third kappa shape index (κ3) is 5.58. The number of amidine groups is 1. The standard InChI is InChI=1S/C18H25FN2O2/c1-2-3-4-5-6-7-12-23-17-13-20-18(21(19)14-17)15-8-10-16(22)11-9-15/h8-11,13,22H,2-7,12,14H2,1H3. The second-order valence-corrected chi connectivity index (χ2v) is 5.73. The van der Waals surface area contributed by atoms with Crippen LogP contribution >= 0.6 is 0 Å². The number of aromatic hydroxyl groups is 1. The lowest BCUT2D eigenvalue weighted by Crippen LogP contribution is -2.29. The Kier molecular flexibility index (Phi) is 6.91. The molecule has 0 amide bonds. The van der Waals surface area contributed by atoms with E-state index < -0.39 is 0 Å². The van der Waals surface area contributed by atoms with Crippen molar-refractivity contribution >= 4 is 5.84 Å². The van der Waals surface area contributed by atoms with Crippen LogP contribution in [0.2, 0.25) is 0 Å². The van der Waals surface area contributed by atoms with Gasteiger partial charge in [-0.15, -0.1) is 0 Å². The molecule has 1 heterocycles. The summed E-state index contributed by atoms with van der Waals surface area (Å²) in [6.07, 6.45) is 8.76. The number of rotatable bonds is 9. The van der Waals surface area contributed by atoms with Gasteiger partial charge in [0.15, 0.2) is 5.84 Å². The zero-order chi connectivity index (χ0) is 16.5. The van der Waals surface area contributed by atoms with E-state index in [9.17, 15) is 9.59 Å². The number of phenols is 1. The van der Waals surface area contributed by atoms with E-state index in [0.29, 0.717) is 23.1 Å². The molecule has 1 aliphatic heterocycles. The lowest BCUT2D eigenvalue weighted by Gasteiger charge is -2.21. The molecule has 0 fully saturated rings. The Hall–Kier alpha value is -2.04. The number of hydrogen-bond acceptors (Lipinski definition) is 4. The van der Waals surface area contributed by atoms with E-state index in [1.54, 1.807) is 18.3 Å². The first kappa shape index (κ1) is 17.3. The van der Waals surface area contributed by atoms with Crippen molar-refractivity contribution in [2.24, 2.45) is 4.99 Å². The van der Waals surface area contributed by atoms with Crippen molar-refractivity contribution in [1.82, 2.24) is 5.12 Å². The molecule has 1 N–H and O–H groups in total. The number of benzene rings is 1. The van der Waals surface area contributed by atoms with E-state index in [0.717, 1.165) is 12.8 Å². The zero-order valence-corrected chi connectivity index (χ0v) is 13.7. The molecular weight excluding hydrogens is 295 g/mol. The fourth-order valence-corrected chi connectivity index (χ4v) is 2.44. The molecule has 0 saturated carbocycles. The first-order valence-corrected chi connectivity index (χ1v) is 8.33. The van der Waals surface area contributed by atoms with Gasteiger partial charge in [-0.25, -0.2) is 4.99 Å². The largest absolute Gasteiger partial charge is 0.508 e. The van der Waals surface area contributed by atoms with Crippen LogP contribution in [-0.4, -0.2) is 29.2 Å². The van der Waals surface area contributed by atoms with Crippen molar-refractivity contribution in [2.75, 3.05) is 13.2 Å². The number of halogens is 1. The molecule has 0 radical (unpaired) electrons. The number of nitrogens with zero attached hydrogens (tertiary/aromatic N) is 2. The van der Waals surface area contributed by atoms with Crippen molar-refractivity contribution in [3.05, 3.63) is 41.8 Å². The summed E-state index contributed by atoms with van der Waals surface area (Å²) in [5, 5.41) is 9.84. The Balaban J connectivity index is 1.78. The number of unbranched alkanes of at least 4 members (excludes halogenated alkanes) is 5. The molecule has 0 bridgehead atoms. The molecule has 2 rings (SSSR count). The molecule has 0 atom stereocenters. The third-order valence-corrected chi connectivity index (χ3v) is 3.77. The Morgan fingerprint density at radius 2 is 1.83 bits per heavy atom. The zero-order valence-electron chi connectivity index (χ0n) is 13.7. The number of phenolic OH excluding ortho intramolecular Hbond substituents is 1. The lowest BCUT2D eigenvalue weighted by molar-refractivity contribution is 0.0919. The maximum absolute atomic E-state index is 14.1. The van der Waals surface area contributed by atoms with E-state index >= 15 is 0 Å². The van der Waals surface area contributed by atoms with Crippen LogP contribution < -0.4 is 0 Å². The van der Waals surface area contributed by atoms with E-state index in [1.165, 1.54) is 37.8 Å². The molecular formula is C18H25FN2O2. The molecule has 5 heteroatoms. The van der Waals surface area contributed by atoms with Crippen molar-refractivity contribution < 1.29 is 14.3 Å². The van der Waals surface area contributed by atoms with Crippen LogP contribution in [0.1, 0.15) is 51.0 Å². The highest BCUT2D eigenvalue weighted by Gasteiger charge is 2.19. The molecule has 1 aliphatic rings. The van der Waals surface area contributed by atoms with Gasteiger partial charge in [-0.05, 0) is 30.7 Å². The van der Waals surface area contributed by atoms with Gasteiger partial charge in [-0.1, -0.05) is 43.5 Å². The summed E-state index contributed by atoms with van der Waals surface area (Å²) >= 11 is 0. The van der Waals surface area contributed by atoms with Gasteiger partial charge >= 0.3 is 0 Å². The lowest BCUT2D eigenvalue weighted by atomic mass is 10.1. The summed E-state index contributed by atoms with van der Waals surface area (Å²) in [7, 11) is 0. The van der Waals surface area contributed by atoms with Crippen molar-refractivity contribution in [1.29, 1.82) is 0 Å². The summed E-state index contributed by atoms with van der Waals surface area (Å²) in [5.41, 5.74) is 0.622. The van der Waals surface area contributed by atoms with Crippen LogP contribution in [0.15, 0.2) is 41.2 Å². The highest BCUT2D eigenvalue weighted by Crippen LogP contribution is 2.18. The van der Waals surface area contributed by atoms with Gasteiger partial charge < -0.3 is 9.84 Å². The van der Waals surface area contributed by atoms with Crippen LogP contribution in [-0.2, 0) is 4.74 Å². The Labute approximate surface area is 137 Å². The molecule has 23 heavy (non-hydrogen) atoms. The predicted octanol–water partition coefficient (Wildman–Crippen LogP) is 4.56. The first-order valence-electron chi connectivity index (χ1n) is 8.33. The second-order valence-electron chi connectivity index (χ2n) is 5.73. The van der Waals surface area contributed by atoms with Crippen LogP contribution in [0.4, 0.5) is 4.48 Å². The van der Waals surface area contributed by atoms with E-state index in [4.69, 9.17) is 4.74 Å². The van der Waals surface area contributed by atoms with Crippen LogP contribution in [0.5, 0.6) is 5.75 Å². The van der Waals surface area contributed by atoms with E-state index in [1.807, 2.05) is 0 Å². The monoisotopic (exact) mass is 320 g/mol. The summed E-state index contributed by atoms with van der Waals surface area (Å²) in [4.78, 5) is 4.13. The van der Waals surface area contributed by atoms with Crippen molar-refractivity contribution in [2.45, 2.75) is 45.4 Å². The third-order valence-electron chi connectivity index (χ3n) is 3.77. The summed E-state index contributed by atoms with van der Waals surface area (Å²) in [5.74, 6) is 0.926. The molecule has 0 aromatic heterocycles. The highest BCUT2D eigenvalue weighted by molar-refractivity contribution is 5.99. The Bertz CT molecular complexity index is 540. The summed E-state index contributed by atoms with van der Waals surface area (Å²) < 4.78 is 19.7. The predicted molar refractivity (Wildman–Crippen MR) is 89.9 cm³/mol. The molecule has 1 aromatic rings. The minimum absolute atomic E-state index is 0.0650. The molecule has 1 aromatic carbocycles. The summed E-state index contributed by atoms with van der Waals surface area (Å²) in [6, 6.07) is 6.30. The molecule has 126 valence electrons. The number of ether oxygens (including phenoxy) is 1. The van der Waals surface area contributed by atoms with Crippen LogP contribution in [0, 0.1) is 0 Å². The molecule has 4 nitrogen and oxygen atoms in total. The quantitative estimate of drug-likeness (QED) is 0.536. The smallest absolute Gasteiger partial charge is 0.165 e. The van der Waals surface area contributed by atoms with Gasteiger partial charge in [0.05, 0.1) is 12.8 Å². The van der Waals surface area contributed by atoms with E-state index in [2.05, 4.69) is 11.9 Å². The molecule has 0 saturated heterocycles. The topological polar surface area (TPSA) is 45.1 Å². The Morgan fingerprint density at radius 1 is 1.13 bits per heavy atom. The van der Waals surface area contributed by atoms with Gasteiger partial charge in [-0.2, -0.15) is 5.12 Å². The van der Waals surface area contributed by atoms with Gasteiger partial charge in [0.25, 0.3) is 0 Å². The first-order chi connectivity index (χ1) is 11.2. The minimum Gasteiger partial charge on any atom is -0.508 e. The minimum atomic E-state index is 0.0650. The van der Waals surface area contributed by atoms with Crippen LogP contribution in [0.3, 0.4) is 0 Å². The number of aliphatic imine (C=N–C) groups is 1. The average Bonchev–Trinajstić information content (AvgIpc) is 2.55. The molecule has 0 aliphatic carbocycles. The second kappa shape index (κ2) is 9.18. The van der Waals surface area contributed by atoms with E-state index in [-0.39, 0.29) is 18.1 Å². The fraction of sp³-hybridized carbons (Fsp3) is 0.500. The number of hydrogen-bond donors (Lipinski definition) is 1. The van der Waals surface area contributed by atoms with Gasteiger partial charge in [-0.3, -0.25) is 0 Å². The molecule has 0 unspecified atom stereocenters. The molecule has 0 spiro atoms. The average molecular weight is 320 g/mol. The van der Waals surface area contributed by atoms with Crippen molar-refractivity contribution in [3.63, 3.8) is 0 Å². The fourth-order valence-electron chi connectivity index (χ4n) is 2.44.